The van der Waals surface area contributed by atoms with Crippen molar-refractivity contribution in [1.82, 2.24) is 19.7 Å². The molecule has 0 radical (unpaired) electrons. The van der Waals surface area contributed by atoms with Crippen molar-refractivity contribution in [2.24, 2.45) is 0 Å². The molecule has 0 aliphatic heterocycles. The highest BCUT2D eigenvalue weighted by molar-refractivity contribution is 6.31. The van der Waals surface area contributed by atoms with Crippen LogP contribution in [0, 0.1) is 10.1 Å². The van der Waals surface area contributed by atoms with Crippen LogP contribution in [0.5, 0.6) is 0 Å². The van der Waals surface area contributed by atoms with Crippen LogP contribution >= 0.6 is 11.6 Å². The summed E-state index contributed by atoms with van der Waals surface area (Å²) in [6.07, 6.45) is 2.92. The average Bonchev–Trinajstić information content (AvgIpc) is 3.22. The number of amides is 1. The average molecular weight is 415 g/mol. The number of non-ortho nitro benzene ring substituents is 1. The van der Waals surface area contributed by atoms with E-state index in [2.05, 4.69) is 15.4 Å². The molecule has 0 spiro atoms. The van der Waals surface area contributed by atoms with Gasteiger partial charge < -0.3 is 5.32 Å². The third-order valence-corrected chi connectivity index (χ3v) is 4.75. The first-order valence-electron chi connectivity index (χ1n) is 8.74. The lowest BCUT2D eigenvalue weighted by Gasteiger charge is -2.24. The zero-order valence-electron chi connectivity index (χ0n) is 15.8. The SMILES string of the molecule is CC(c1cccc([N+](=O)[O-])c1)N(C)CC(=O)Nc1cc(Cl)ccc1-n1cncn1. The molecular formula is C19H19ClN6O3. The maximum absolute atomic E-state index is 12.6. The minimum Gasteiger partial charge on any atom is -0.323 e. The van der Waals surface area contributed by atoms with Gasteiger partial charge in [0, 0.05) is 23.2 Å². The Balaban J connectivity index is 1.72. The second-order valence-corrected chi connectivity index (χ2v) is 6.93. The molecule has 1 unspecified atom stereocenters. The van der Waals surface area contributed by atoms with Crippen molar-refractivity contribution in [2.75, 3.05) is 18.9 Å². The van der Waals surface area contributed by atoms with Crippen LogP contribution in [0.3, 0.4) is 0 Å². The minimum atomic E-state index is -0.437. The Kier molecular flexibility index (Phi) is 6.20. The molecule has 29 heavy (non-hydrogen) atoms. The Morgan fingerprint density at radius 3 is 2.83 bits per heavy atom. The summed E-state index contributed by atoms with van der Waals surface area (Å²) in [6.45, 7) is 1.96. The number of nitro benzene ring substituents is 1. The molecule has 1 N–H and O–H groups in total. The summed E-state index contributed by atoms with van der Waals surface area (Å²) in [5, 5.41) is 18.4. The number of likely N-dealkylation sites (N-methyl/N-ethyl adjacent to an activating group) is 1. The van der Waals surface area contributed by atoms with E-state index in [9.17, 15) is 14.9 Å². The van der Waals surface area contributed by atoms with Crippen LogP contribution in [0.25, 0.3) is 5.69 Å². The van der Waals surface area contributed by atoms with E-state index in [4.69, 9.17) is 11.6 Å². The van der Waals surface area contributed by atoms with Gasteiger partial charge >= 0.3 is 0 Å². The van der Waals surface area contributed by atoms with E-state index in [0.29, 0.717) is 16.4 Å². The van der Waals surface area contributed by atoms with Gasteiger partial charge in [0.05, 0.1) is 22.8 Å². The number of hydrogen-bond donors (Lipinski definition) is 1. The van der Waals surface area contributed by atoms with Gasteiger partial charge in [-0.3, -0.25) is 19.8 Å². The molecule has 1 aromatic heterocycles. The Labute approximate surface area is 172 Å². The van der Waals surface area contributed by atoms with Crippen LogP contribution < -0.4 is 5.32 Å². The zero-order chi connectivity index (χ0) is 21.0. The standard InChI is InChI=1S/C19H19ClN6O3/c1-13(14-4-3-5-16(8-14)26(28)29)24(2)10-19(27)23-17-9-15(20)6-7-18(17)25-12-21-11-22-25/h3-9,11-13H,10H2,1-2H3,(H,23,27). The Morgan fingerprint density at radius 1 is 1.34 bits per heavy atom. The molecule has 9 nitrogen and oxygen atoms in total. The van der Waals surface area contributed by atoms with E-state index in [1.54, 1.807) is 42.3 Å². The maximum atomic E-state index is 12.6. The van der Waals surface area contributed by atoms with Gasteiger partial charge in [-0.2, -0.15) is 5.10 Å². The molecule has 0 saturated carbocycles. The van der Waals surface area contributed by atoms with Gasteiger partial charge in [-0.1, -0.05) is 23.7 Å². The van der Waals surface area contributed by atoms with Crippen molar-refractivity contribution >= 4 is 28.9 Å². The number of carbonyl (C=O) groups excluding carboxylic acids is 1. The first-order chi connectivity index (χ1) is 13.8. The van der Waals surface area contributed by atoms with Gasteiger partial charge in [0.1, 0.15) is 12.7 Å². The number of hydrogen-bond acceptors (Lipinski definition) is 6. The summed E-state index contributed by atoms with van der Waals surface area (Å²) in [5.41, 5.74) is 1.91. The van der Waals surface area contributed by atoms with Crippen molar-refractivity contribution in [3.05, 3.63) is 75.8 Å². The van der Waals surface area contributed by atoms with E-state index < -0.39 is 4.92 Å². The molecule has 0 aliphatic carbocycles. The van der Waals surface area contributed by atoms with E-state index in [1.165, 1.54) is 29.5 Å². The first kappa shape index (κ1) is 20.4. The molecule has 1 heterocycles. The van der Waals surface area contributed by atoms with Crippen molar-refractivity contribution in [3.8, 4) is 5.69 Å². The molecule has 3 rings (SSSR count). The smallest absolute Gasteiger partial charge is 0.269 e. The van der Waals surface area contributed by atoms with Crippen LogP contribution in [0.1, 0.15) is 18.5 Å². The number of anilines is 1. The first-order valence-corrected chi connectivity index (χ1v) is 9.12. The molecule has 150 valence electrons. The van der Waals surface area contributed by atoms with Crippen LogP contribution in [-0.4, -0.2) is 44.1 Å². The minimum absolute atomic E-state index is 0.0172. The molecule has 0 bridgehead atoms. The van der Waals surface area contributed by atoms with Crippen LogP contribution in [0.15, 0.2) is 55.1 Å². The summed E-state index contributed by atoms with van der Waals surface area (Å²) >= 11 is 6.08. The van der Waals surface area contributed by atoms with E-state index in [0.717, 1.165) is 5.56 Å². The third-order valence-electron chi connectivity index (χ3n) is 4.52. The van der Waals surface area contributed by atoms with Crippen LogP contribution in [0.4, 0.5) is 11.4 Å². The Bertz CT molecular complexity index is 1020. The summed E-state index contributed by atoms with van der Waals surface area (Å²) in [4.78, 5) is 28.9. The van der Waals surface area contributed by atoms with Crippen molar-refractivity contribution in [2.45, 2.75) is 13.0 Å². The zero-order valence-corrected chi connectivity index (χ0v) is 16.6. The number of rotatable bonds is 7. The van der Waals surface area contributed by atoms with Gasteiger partial charge in [-0.15, -0.1) is 0 Å². The second-order valence-electron chi connectivity index (χ2n) is 6.49. The lowest BCUT2D eigenvalue weighted by Crippen LogP contribution is -2.32. The third kappa shape index (κ3) is 4.95. The van der Waals surface area contributed by atoms with Crippen LogP contribution in [-0.2, 0) is 4.79 Å². The summed E-state index contributed by atoms with van der Waals surface area (Å²) in [7, 11) is 1.78. The van der Waals surface area contributed by atoms with Crippen molar-refractivity contribution < 1.29 is 9.72 Å². The number of nitrogens with one attached hydrogen (secondary N) is 1. The summed E-state index contributed by atoms with van der Waals surface area (Å²) < 4.78 is 1.53. The molecule has 10 heteroatoms. The van der Waals surface area contributed by atoms with E-state index in [1.807, 2.05) is 6.92 Å². The molecule has 0 fully saturated rings. The largest absolute Gasteiger partial charge is 0.323 e. The van der Waals surface area contributed by atoms with Gasteiger partial charge in [-0.05, 0) is 37.7 Å². The van der Waals surface area contributed by atoms with Crippen molar-refractivity contribution in [3.63, 3.8) is 0 Å². The maximum Gasteiger partial charge on any atom is 0.269 e. The molecule has 0 aliphatic rings. The number of nitro groups is 1. The quantitative estimate of drug-likeness (QED) is 0.468. The highest BCUT2D eigenvalue weighted by atomic mass is 35.5. The topological polar surface area (TPSA) is 106 Å². The van der Waals surface area contributed by atoms with Gasteiger partial charge in [-0.25, -0.2) is 9.67 Å². The number of aromatic nitrogens is 3. The Morgan fingerprint density at radius 2 is 2.14 bits per heavy atom. The fourth-order valence-electron chi connectivity index (χ4n) is 2.85. The molecule has 0 saturated heterocycles. The number of halogens is 1. The molecule has 3 aromatic rings. The lowest BCUT2D eigenvalue weighted by atomic mass is 10.1. The monoisotopic (exact) mass is 414 g/mol. The van der Waals surface area contributed by atoms with E-state index in [-0.39, 0.29) is 24.2 Å². The number of carbonyl (C=O) groups is 1. The molecule has 2 aromatic carbocycles. The van der Waals surface area contributed by atoms with E-state index >= 15 is 0 Å². The summed E-state index contributed by atoms with van der Waals surface area (Å²) in [6, 6.07) is 11.3. The van der Waals surface area contributed by atoms with Gasteiger partial charge in [0.25, 0.3) is 5.69 Å². The fourth-order valence-corrected chi connectivity index (χ4v) is 3.02. The Hall–Kier alpha value is -3.30. The highest BCUT2D eigenvalue weighted by Gasteiger charge is 2.18. The lowest BCUT2D eigenvalue weighted by molar-refractivity contribution is -0.384. The second kappa shape index (κ2) is 8.80. The predicted molar refractivity (Wildman–Crippen MR) is 109 cm³/mol. The van der Waals surface area contributed by atoms with Crippen molar-refractivity contribution in [1.29, 1.82) is 0 Å². The fraction of sp³-hybridized carbons (Fsp3) is 0.211. The molecular weight excluding hydrogens is 396 g/mol. The predicted octanol–water partition coefficient (Wildman–Crippen LogP) is 3.46. The highest BCUT2D eigenvalue weighted by Crippen LogP contribution is 2.25. The number of benzene rings is 2. The van der Waals surface area contributed by atoms with Crippen LogP contribution in [0.2, 0.25) is 5.02 Å². The number of nitrogens with zero attached hydrogens (tertiary/aromatic N) is 5. The normalized spacial score (nSPS) is 12.0. The molecule has 1 amide bonds. The van der Waals surface area contributed by atoms with Gasteiger partial charge in [0.15, 0.2) is 0 Å². The molecule has 1 atom stereocenters. The summed E-state index contributed by atoms with van der Waals surface area (Å²) in [5.74, 6) is -0.256. The van der Waals surface area contributed by atoms with Gasteiger partial charge in [0.2, 0.25) is 5.91 Å².